The molecule has 0 amide bonds. The molecule has 3 rings (SSSR count). The molecule has 0 atom stereocenters. The molecule has 3 aromatic rings. The second kappa shape index (κ2) is 3.74. The van der Waals surface area contributed by atoms with Gasteiger partial charge in [0, 0.05) is 25.4 Å². The second-order valence-corrected chi connectivity index (χ2v) is 4.31. The number of hydrogen-bond acceptors (Lipinski definition) is 2. The van der Waals surface area contributed by atoms with Crippen molar-refractivity contribution in [3.63, 3.8) is 0 Å². The van der Waals surface area contributed by atoms with E-state index < -0.39 is 11.6 Å². The van der Waals surface area contributed by atoms with Crippen LogP contribution in [-0.2, 0) is 7.05 Å². The average Bonchev–Trinajstić information content (AvgIpc) is 2.82. The number of rotatable bonds is 1. The van der Waals surface area contributed by atoms with Crippen molar-refractivity contribution in [2.45, 2.75) is 0 Å². The van der Waals surface area contributed by atoms with Crippen LogP contribution in [0.4, 0.5) is 8.78 Å². The molecular weight excluding hydrogens is 258 g/mol. The summed E-state index contributed by atoms with van der Waals surface area (Å²) in [4.78, 5) is 2.73. The monoisotopic (exact) mass is 266 g/mol. The molecule has 2 aromatic heterocycles. The quantitative estimate of drug-likeness (QED) is 0.688. The predicted octanol–water partition coefficient (Wildman–Crippen LogP) is 2.70. The Morgan fingerprint density at radius 1 is 1.33 bits per heavy atom. The van der Waals surface area contributed by atoms with Crippen LogP contribution in [0.2, 0.25) is 0 Å². The highest BCUT2D eigenvalue weighted by Crippen LogP contribution is 2.22. The first-order valence-electron chi connectivity index (χ1n) is 5.15. The Hall–Kier alpha value is -2.02. The van der Waals surface area contributed by atoms with Crippen LogP contribution in [0.1, 0.15) is 0 Å². The van der Waals surface area contributed by atoms with E-state index in [9.17, 15) is 8.78 Å². The zero-order chi connectivity index (χ0) is 12.9. The Morgan fingerprint density at radius 2 is 2.11 bits per heavy atom. The first kappa shape index (κ1) is 11.1. The maximum absolute atomic E-state index is 13.6. The summed E-state index contributed by atoms with van der Waals surface area (Å²) < 4.78 is 30.3. The minimum absolute atomic E-state index is 0.185. The fourth-order valence-corrected chi connectivity index (χ4v) is 2.22. The van der Waals surface area contributed by atoms with Crippen LogP contribution in [0.25, 0.3) is 16.7 Å². The van der Waals surface area contributed by atoms with Gasteiger partial charge in [-0.25, -0.2) is 8.78 Å². The maximum Gasteiger partial charge on any atom is 0.182 e. The van der Waals surface area contributed by atoms with Gasteiger partial charge in [0.25, 0.3) is 0 Å². The summed E-state index contributed by atoms with van der Waals surface area (Å²) in [6.07, 6.45) is 3.29. The van der Waals surface area contributed by atoms with Crippen LogP contribution in [0.3, 0.4) is 0 Å². The van der Waals surface area contributed by atoms with Crippen molar-refractivity contribution in [1.82, 2.24) is 19.3 Å². The van der Waals surface area contributed by atoms with E-state index in [4.69, 9.17) is 12.2 Å². The molecule has 0 aliphatic heterocycles. The molecule has 0 unspecified atom stereocenters. The number of hydrogen-bond donors (Lipinski definition) is 1. The number of benzene rings is 1. The Kier molecular flexibility index (Phi) is 2.30. The number of nitrogens with zero attached hydrogens (tertiary/aromatic N) is 3. The third-order valence-electron chi connectivity index (χ3n) is 2.66. The number of aromatic amines is 1. The van der Waals surface area contributed by atoms with Crippen molar-refractivity contribution in [3.05, 3.63) is 40.9 Å². The van der Waals surface area contributed by atoms with Gasteiger partial charge in [0.05, 0.1) is 17.4 Å². The number of imidazole rings is 1. The molecule has 7 heteroatoms. The summed E-state index contributed by atoms with van der Waals surface area (Å²) in [5, 5.41) is 4.01. The van der Waals surface area contributed by atoms with Crippen molar-refractivity contribution >= 4 is 23.3 Å². The van der Waals surface area contributed by atoms with E-state index in [1.807, 2.05) is 0 Å². The number of halogens is 2. The lowest BCUT2D eigenvalue weighted by molar-refractivity contribution is 0.590. The largest absolute Gasteiger partial charge is 0.328 e. The smallest absolute Gasteiger partial charge is 0.182 e. The van der Waals surface area contributed by atoms with Gasteiger partial charge in [0.2, 0.25) is 0 Å². The topological polar surface area (TPSA) is 38.5 Å². The van der Waals surface area contributed by atoms with Gasteiger partial charge >= 0.3 is 0 Å². The molecule has 0 saturated carbocycles. The fraction of sp³-hybridized carbons (Fsp3) is 0.0909. The van der Waals surface area contributed by atoms with Gasteiger partial charge in [0.1, 0.15) is 11.3 Å². The summed E-state index contributed by atoms with van der Waals surface area (Å²) in [7, 11) is 1.75. The van der Waals surface area contributed by atoms with E-state index in [0.717, 1.165) is 6.07 Å². The summed E-state index contributed by atoms with van der Waals surface area (Å²) in [5.41, 5.74) is 1.19. The molecule has 0 fully saturated rings. The van der Waals surface area contributed by atoms with Crippen molar-refractivity contribution in [3.8, 4) is 5.69 Å². The molecule has 0 saturated heterocycles. The van der Waals surface area contributed by atoms with Crippen molar-refractivity contribution in [1.29, 1.82) is 0 Å². The highest BCUT2D eigenvalue weighted by atomic mass is 32.1. The molecule has 0 aliphatic rings. The Morgan fingerprint density at radius 3 is 2.78 bits per heavy atom. The van der Waals surface area contributed by atoms with Gasteiger partial charge in [-0.2, -0.15) is 5.10 Å². The van der Waals surface area contributed by atoms with Gasteiger partial charge in [0.15, 0.2) is 10.6 Å². The highest BCUT2D eigenvalue weighted by Gasteiger charge is 2.13. The SMILES string of the molecule is Cn1cc(-n2c(=S)[nH]c3c(F)cc(F)cc32)cn1. The number of H-pyrrole nitrogens is 1. The zero-order valence-corrected chi connectivity index (χ0v) is 10.1. The van der Waals surface area contributed by atoms with Crippen LogP contribution in [-0.4, -0.2) is 19.3 Å². The molecule has 0 spiro atoms. The molecule has 0 radical (unpaired) electrons. The number of aromatic nitrogens is 4. The summed E-state index contributed by atoms with van der Waals surface area (Å²) in [5.74, 6) is -1.31. The van der Waals surface area contributed by atoms with E-state index in [-0.39, 0.29) is 5.52 Å². The first-order chi connectivity index (χ1) is 8.56. The molecular formula is C11H8F2N4S. The van der Waals surface area contributed by atoms with Gasteiger partial charge < -0.3 is 4.98 Å². The summed E-state index contributed by atoms with van der Waals surface area (Å²) >= 11 is 5.13. The van der Waals surface area contributed by atoms with E-state index in [2.05, 4.69) is 10.1 Å². The summed E-state index contributed by atoms with van der Waals surface area (Å²) in [6, 6.07) is 2.05. The normalized spacial score (nSPS) is 11.3. The molecule has 18 heavy (non-hydrogen) atoms. The van der Waals surface area contributed by atoms with E-state index in [1.54, 1.807) is 28.7 Å². The summed E-state index contributed by atoms with van der Waals surface area (Å²) in [6.45, 7) is 0. The number of nitrogens with one attached hydrogen (secondary N) is 1. The minimum Gasteiger partial charge on any atom is -0.328 e. The lowest BCUT2D eigenvalue weighted by Crippen LogP contribution is -1.93. The molecule has 0 aliphatic carbocycles. The molecule has 1 aromatic carbocycles. The van der Waals surface area contributed by atoms with Crippen LogP contribution in [0.15, 0.2) is 24.5 Å². The lowest BCUT2D eigenvalue weighted by atomic mass is 10.3. The van der Waals surface area contributed by atoms with Gasteiger partial charge in [-0.1, -0.05) is 0 Å². The molecule has 4 nitrogen and oxygen atoms in total. The first-order valence-corrected chi connectivity index (χ1v) is 5.56. The molecule has 2 heterocycles. The van der Waals surface area contributed by atoms with E-state index >= 15 is 0 Å². The van der Waals surface area contributed by atoms with Crippen LogP contribution in [0.5, 0.6) is 0 Å². The van der Waals surface area contributed by atoms with Crippen LogP contribution < -0.4 is 0 Å². The van der Waals surface area contributed by atoms with Crippen molar-refractivity contribution in [2.24, 2.45) is 7.05 Å². The van der Waals surface area contributed by atoms with Crippen LogP contribution >= 0.6 is 12.2 Å². The molecule has 92 valence electrons. The fourth-order valence-electron chi connectivity index (χ4n) is 1.91. The third-order valence-corrected chi connectivity index (χ3v) is 2.94. The minimum atomic E-state index is -0.668. The lowest BCUT2D eigenvalue weighted by Gasteiger charge is -2.00. The standard InChI is InChI=1S/C11H8F2N4S/c1-16-5-7(4-14-16)17-9-3-6(12)2-8(13)10(9)15-11(17)18/h2-5H,1H3,(H,15,18). The highest BCUT2D eigenvalue weighted by molar-refractivity contribution is 7.71. The number of fused-ring (bicyclic) bond motifs is 1. The average molecular weight is 266 g/mol. The Bertz CT molecular complexity index is 799. The van der Waals surface area contributed by atoms with Gasteiger partial charge in [-0.05, 0) is 12.2 Å². The second-order valence-electron chi connectivity index (χ2n) is 3.92. The van der Waals surface area contributed by atoms with E-state index in [0.29, 0.717) is 16.0 Å². The Labute approximate surface area is 105 Å². The van der Waals surface area contributed by atoms with Crippen molar-refractivity contribution < 1.29 is 8.78 Å². The third kappa shape index (κ3) is 1.55. The number of aryl methyl sites for hydroxylation is 1. The molecule has 0 bridgehead atoms. The van der Waals surface area contributed by atoms with E-state index in [1.165, 1.54) is 6.07 Å². The maximum atomic E-state index is 13.6. The Balaban J connectivity index is 2.42. The van der Waals surface area contributed by atoms with Gasteiger partial charge in [-0.15, -0.1) is 0 Å². The van der Waals surface area contributed by atoms with Crippen molar-refractivity contribution in [2.75, 3.05) is 0 Å². The zero-order valence-electron chi connectivity index (χ0n) is 9.32. The van der Waals surface area contributed by atoms with Crippen LogP contribution in [0, 0.1) is 16.4 Å². The molecule has 1 N–H and O–H groups in total. The predicted molar refractivity (Wildman–Crippen MR) is 65.1 cm³/mol. The van der Waals surface area contributed by atoms with Gasteiger partial charge in [-0.3, -0.25) is 9.25 Å².